The molecule has 1 heterocycles. The van der Waals surface area contributed by atoms with Crippen molar-refractivity contribution in [3.8, 4) is 0 Å². The molecule has 1 aromatic carbocycles. The fourth-order valence-electron chi connectivity index (χ4n) is 2.44. The van der Waals surface area contributed by atoms with Crippen LogP contribution in [-0.4, -0.2) is 55.0 Å². The van der Waals surface area contributed by atoms with E-state index < -0.39 is 25.4 Å². The highest BCUT2D eigenvalue weighted by molar-refractivity contribution is 5.79. The largest absolute Gasteiger partial charge is 0.394 e. The van der Waals surface area contributed by atoms with Gasteiger partial charge in [0.15, 0.2) is 0 Å². The third-order valence-electron chi connectivity index (χ3n) is 3.45. The standard InChI is InChI=1S/C14H20N2O5/c1-9-3-2-4-12-13(9)16(6-11(20)8-18)14(21)15(12)5-10(19)7-17/h2-4,10-11,17-20H,5-8H2,1H3. The van der Waals surface area contributed by atoms with Gasteiger partial charge >= 0.3 is 5.69 Å². The Labute approximate surface area is 121 Å². The molecule has 21 heavy (non-hydrogen) atoms. The first-order chi connectivity index (χ1) is 9.99. The Balaban J connectivity index is 2.62. The van der Waals surface area contributed by atoms with Gasteiger partial charge in [-0.05, 0) is 18.6 Å². The summed E-state index contributed by atoms with van der Waals surface area (Å²) >= 11 is 0. The first kappa shape index (κ1) is 15.7. The maximum atomic E-state index is 12.5. The monoisotopic (exact) mass is 296 g/mol. The van der Waals surface area contributed by atoms with Crippen LogP contribution in [0.15, 0.2) is 23.0 Å². The molecule has 0 spiro atoms. The number of nitrogens with zero attached hydrogens (tertiary/aromatic N) is 2. The van der Waals surface area contributed by atoms with Gasteiger partial charge in [0.05, 0.1) is 49.5 Å². The van der Waals surface area contributed by atoms with E-state index in [1.807, 2.05) is 13.0 Å². The number of rotatable bonds is 6. The maximum Gasteiger partial charge on any atom is 0.329 e. The van der Waals surface area contributed by atoms with Crippen LogP contribution in [0.25, 0.3) is 11.0 Å². The van der Waals surface area contributed by atoms with Gasteiger partial charge in [0, 0.05) is 0 Å². The molecular weight excluding hydrogens is 276 g/mol. The van der Waals surface area contributed by atoms with Crippen LogP contribution in [-0.2, 0) is 13.1 Å². The second-order valence-electron chi connectivity index (χ2n) is 5.12. The molecule has 1 aromatic heterocycles. The number of imidazole rings is 1. The van der Waals surface area contributed by atoms with Crippen molar-refractivity contribution in [3.05, 3.63) is 34.2 Å². The molecule has 2 rings (SSSR count). The van der Waals surface area contributed by atoms with Gasteiger partial charge in [0.1, 0.15) is 0 Å². The molecule has 0 aliphatic carbocycles. The molecule has 7 nitrogen and oxygen atoms in total. The van der Waals surface area contributed by atoms with Gasteiger partial charge in [-0.2, -0.15) is 0 Å². The molecule has 2 atom stereocenters. The van der Waals surface area contributed by atoms with Crippen LogP contribution in [0.4, 0.5) is 0 Å². The molecule has 0 saturated carbocycles. The Hall–Kier alpha value is -1.67. The summed E-state index contributed by atoms with van der Waals surface area (Å²) in [5.41, 5.74) is 1.74. The van der Waals surface area contributed by atoms with Crippen molar-refractivity contribution in [3.63, 3.8) is 0 Å². The van der Waals surface area contributed by atoms with E-state index in [4.69, 9.17) is 10.2 Å². The summed E-state index contributed by atoms with van der Waals surface area (Å²) in [7, 11) is 0. The zero-order valence-electron chi connectivity index (χ0n) is 11.8. The molecule has 0 bridgehead atoms. The lowest BCUT2D eigenvalue weighted by molar-refractivity contribution is 0.0771. The van der Waals surface area contributed by atoms with Crippen molar-refractivity contribution >= 4 is 11.0 Å². The molecule has 116 valence electrons. The molecule has 0 saturated heterocycles. The van der Waals surface area contributed by atoms with Crippen LogP contribution in [0.1, 0.15) is 5.56 Å². The average molecular weight is 296 g/mol. The number of hydrogen-bond donors (Lipinski definition) is 4. The SMILES string of the molecule is Cc1cccc2c1n(CC(O)CO)c(=O)n2CC(O)CO. The van der Waals surface area contributed by atoms with Crippen molar-refractivity contribution in [2.24, 2.45) is 0 Å². The smallest absolute Gasteiger partial charge is 0.329 e. The van der Waals surface area contributed by atoms with Gasteiger partial charge < -0.3 is 20.4 Å². The van der Waals surface area contributed by atoms with Crippen LogP contribution >= 0.6 is 0 Å². The molecule has 0 fully saturated rings. The lowest BCUT2D eigenvalue weighted by atomic mass is 10.2. The summed E-state index contributed by atoms with van der Waals surface area (Å²) in [5.74, 6) is 0. The fourth-order valence-corrected chi connectivity index (χ4v) is 2.44. The lowest BCUT2D eigenvalue weighted by Crippen LogP contribution is -2.33. The molecule has 2 unspecified atom stereocenters. The number of aryl methyl sites for hydroxylation is 1. The summed E-state index contributed by atoms with van der Waals surface area (Å²) in [6.07, 6.45) is -2.07. The minimum Gasteiger partial charge on any atom is -0.394 e. The Bertz CT molecular complexity index is 676. The minimum absolute atomic E-state index is 0.0289. The van der Waals surface area contributed by atoms with Gasteiger partial charge in [-0.1, -0.05) is 12.1 Å². The first-order valence-electron chi connectivity index (χ1n) is 6.76. The minimum atomic E-state index is -1.04. The predicted molar refractivity (Wildman–Crippen MR) is 77.1 cm³/mol. The van der Waals surface area contributed by atoms with E-state index in [1.54, 1.807) is 12.1 Å². The van der Waals surface area contributed by atoms with Gasteiger partial charge in [-0.25, -0.2) is 4.79 Å². The summed E-state index contributed by atoms with van der Waals surface area (Å²) < 4.78 is 2.75. The molecule has 0 aliphatic rings. The normalized spacial score (nSPS) is 14.5. The first-order valence-corrected chi connectivity index (χ1v) is 6.76. The van der Waals surface area contributed by atoms with Crippen LogP contribution in [0.3, 0.4) is 0 Å². The van der Waals surface area contributed by atoms with Crippen molar-refractivity contribution in [2.75, 3.05) is 13.2 Å². The molecule has 4 N–H and O–H groups in total. The zero-order chi connectivity index (χ0) is 15.6. The summed E-state index contributed by atoms with van der Waals surface area (Å²) in [6.45, 7) is 0.904. The number of aliphatic hydroxyl groups excluding tert-OH is 4. The van der Waals surface area contributed by atoms with Crippen LogP contribution in [0.5, 0.6) is 0 Å². The fraction of sp³-hybridized carbons (Fsp3) is 0.500. The highest BCUT2D eigenvalue weighted by Gasteiger charge is 2.18. The molecule has 0 aliphatic heterocycles. The number of fused-ring (bicyclic) bond motifs is 1. The van der Waals surface area contributed by atoms with Crippen LogP contribution in [0.2, 0.25) is 0 Å². The van der Waals surface area contributed by atoms with E-state index in [9.17, 15) is 15.0 Å². The van der Waals surface area contributed by atoms with Crippen LogP contribution < -0.4 is 5.69 Å². The van der Waals surface area contributed by atoms with Crippen molar-refractivity contribution < 1.29 is 20.4 Å². The number of aliphatic hydroxyl groups is 4. The number of aromatic nitrogens is 2. The number of para-hydroxylation sites is 1. The van der Waals surface area contributed by atoms with Gasteiger partial charge in [-0.3, -0.25) is 9.13 Å². The van der Waals surface area contributed by atoms with E-state index in [2.05, 4.69) is 0 Å². The number of hydrogen-bond acceptors (Lipinski definition) is 5. The Morgan fingerprint density at radius 2 is 1.62 bits per heavy atom. The highest BCUT2D eigenvalue weighted by Crippen LogP contribution is 2.18. The Kier molecular flexibility index (Phi) is 4.79. The van der Waals surface area contributed by atoms with Gasteiger partial charge in [0.25, 0.3) is 0 Å². The molecular formula is C14H20N2O5. The quantitative estimate of drug-likeness (QED) is 0.536. The third-order valence-corrected chi connectivity index (χ3v) is 3.45. The molecule has 0 radical (unpaired) electrons. The summed E-state index contributed by atoms with van der Waals surface area (Å²) in [6, 6.07) is 5.39. The van der Waals surface area contributed by atoms with E-state index in [1.165, 1.54) is 9.13 Å². The topological polar surface area (TPSA) is 108 Å². The average Bonchev–Trinajstić information content (AvgIpc) is 2.73. The molecule has 7 heteroatoms. The van der Waals surface area contributed by atoms with Crippen molar-refractivity contribution in [1.82, 2.24) is 9.13 Å². The lowest BCUT2D eigenvalue weighted by Gasteiger charge is -2.09. The van der Waals surface area contributed by atoms with Crippen LogP contribution in [0, 0.1) is 6.92 Å². The van der Waals surface area contributed by atoms with Crippen molar-refractivity contribution in [2.45, 2.75) is 32.2 Å². The molecule has 2 aromatic rings. The maximum absolute atomic E-state index is 12.5. The Morgan fingerprint density at radius 1 is 1.05 bits per heavy atom. The molecule has 0 amide bonds. The van der Waals surface area contributed by atoms with E-state index in [0.717, 1.165) is 5.56 Å². The van der Waals surface area contributed by atoms with Gasteiger partial charge in [-0.15, -0.1) is 0 Å². The highest BCUT2D eigenvalue weighted by atomic mass is 16.3. The third kappa shape index (κ3) is 3.01. The van der Waals surface area contributed by atoms with Gasteiger partial charge in [0.2, 0.25) is 0 Å². The summed E-state index contributed by atoms with van der Waals surface area (Å²) in [5, 5.41) is 37.1. The Morgan fingerprint density at radius 3 is 2.19 bits per heavy atom. The number of benzene rings is 1. The summed E-state index contributed by atoms with van der Waals surface area (Å²) in [4.78, 5) is 12.5. The van der Waals surface area contributed by atoms with E-state index in [-0.39, 0.29) is 18.8 Å². The van der Waals surface area contributed by atoms with Crippen molar-refractivity contribution in [1.29, 1.82) is 0 Å². The second kappa shape index (κ2) is 6.40. The predicted octanol–water partition coefficient (Wildman–Crippen LogP) is -1.18. The zero-order valence-corrected chi connectivity index (χ0v) is 11.8. The van der Waals surface area contributed by atoms with E-state index in [0.29, 0.717) is 11.0 Å². The van der Waals surface area contributed by atoms with E-state index >= 15 is 0 Å². The second-order valence-corrected chi connectivity index (χ2v) is 5.12.